The first-order valence-corrected chi connectivity index (χ1v) is 10.5. The average molecular weight is 450 g/mol. The predicted molar refractivity (Wildman–Crippen MR) is 102 cm³/mol. The van der Waals surface area contributed by atoms with Gasteiger partial charge in [-0.2, -0.15) is 17.5 Å². The van der Waals surface area contributed by atoms with E-state index in [0.29, 0.717) is 0 Å². The summed E-state index contributed by atoms with van der Waals surface area (Å²) in [6, 6.07) is 8.00. The maximum absolute atomic E-state index is 12.8. The molecular formula is C19H19ClF3NO4S. The molecule has 0 radical (unpaired) electrons. The van der Waals surface area contributed by atoms with E-state index in [1.807, 2.05) is 0 Å². The molecule has 0 saturated heterocycles. The molecule has 0 aliphatic carbocycles. The molecule has 10 heteroatoms. The molecule has 29 heavy (non-hydrogen) atoms. The van der Waals surface area contributed by atoms with Gasteiger partial charge in [-0.3, -0.25) is 0 Å². The summed E-state index contributed by atoms with van der Waals surface area (Å²) in [4.78, 5) is 12.2. The second kappa shape index (κ2) is 9.15. The van der Waals surface area contributed by atoms with Gasteiger partial charge in [-0.25, -0.2) is 13.2 Å². The van der Waals surface area contributed by atoms with Gasteiger partial charge in [0.25, 0.3) is 0 Å². The SMILES string of the molecule is CCN(CC)S(=O)(=O)c1ccc(Cl)c(C(=O)OCc2cccc(C(F)(F)F)c2)c1. The van der Waals surface area contributed by atoms with Gasteiger partial charge in [0.1, 0.15) is 6.61 Å². The van der Waals surface area contributed by atoms with Crippen molar-refractivity contribution in [1.29, 1.82) is 0 Å². The van der Waals surface area contributed by atoms with E-state index in [9.17, 15) is 26.4 Å². The summed E-state index contributed by atoms with van der Waals surface area (Å²) in [7, 11) is -3.82. The summed E-state index contributed by atoms with van der Waals surface area (Å²) in [6.07, 6.45) is -4.52. The second-order valence-electron chi connectivity index (χ2n) is 6.01. The molecule has 0 fully saturated rings. The maximum atomic E-state index is 12.8. The van der Waals surface area contributed by atoms with E-state index in [4.69, 9.17) is 16.3 Å². The lowest BCUT2D eigenvalue weighted by Gasteiger charge is -2.19. The largest absolute Gasteiger partial charge is 0.457 e. The Morgan fingerprint density at radius 1 is 1.10 bits per heavy atom. The highest BCUT2D eigenvalue weighted by atomic mass is 35.5. The van der Waals surface area contributed by atoms with Gasteiger partial charge in [-0.15, -0.1) is 0 Å². The summed E-state index contributed by atoms with van der Waals surface area (Å²) in [5.74, 6) is -0.941. The van der Waals surface area contributed by atoms with Crippen LogP contribution in [-0.4, -0.2) is 31.8 Å². The minimum Gasteiger partial charge on any atom is -0.457 e. The molecule has 0 atom stereocenters. The molecule has 0 spiro atoms. The quantitative estimate of drug-likeness (QED) is 0.572. The Labute approximate surface area is 172 Å². The topological polar surface area (TPSA) is 63.7 Å². The van der Waals surface area contributed by atoms with Crippen LogP contribution in [0.4, 0.5) is 13.2 Å². The summed E-state index contributed by atoms with van der Waals surface area (Å²) < 4.78 is 69.8. The molecule has 0 heterocycles. The summed E-state index contributed by atoms with van der Waals surface area (Å²) in [6.45, 7) is 3.43. The number of esters is 1. The van der Waals surface area contributed by atoms with E-state index in [0.717, 1.165) is 18.2 Å². The minimum absolute atomic E-state index is 0.0301. The fraction of sp³-hybridized carbons (Fsp3) is 0.316. The van der Waals surface area contributed by atoms with Crippen molar-refractivity contribution in [3.8, 4) is 0 Å². The fourth-order valence-electron chi connectivity index (χ4n) is 2.60. The summed E-state index contributed by atoms with van der Waals surface area (Å²) >= 11 is 6.00. The Morgan fingerprint density at radius 2 is 1.76 bits per heavy atom. The van der Waals surface area contributed by atoms with Crippen molar-refractivity contribution in [3.05, 3.63) is 64.2 Å². The van der Waals surface area contributed by atoms with Crippen LogP contribution in [0.3, 0.4) is 0 Å². The van der Waals surface area contributed by atoms with Gasteiger partial charge in [-0.05, 0) is 35.9 Å². The molecule has 0 N–H and O–H groups in total. The van der Waals surface area contributed by atoms with Gasteiger partial charge >= 0.3 is 12.1 Å². The van der Waals surface area contributed by atoms with E-state index in [-0.39, 0.29) is 34.1 Å². The van der Waals surface area contributed by atoms with Crippen LogP contribution in [0.1, 0.15) is 35.3 Å². The number of hydrogen-bond donors (Lipinski definition) is 0. The number of carbonyl (C=O) groups excluding carboxylic acids is 1. The van der Waals surface area contributed by atoms with Crippen LogP contribution in [0.25, 0.3) is 0 Å². The van der Waals surface area contributed by atoms with Crippen molar-refractivity contribution in [3.63, 3.8) is 0 Å². The lowest BCUT2D eigenvalue weighted by Crippen LogP contribution is -2.30. The number of benzene rings is 2. The molecule has 2 aromatic rings. The predicted octanol–water partition coefficient (Wildman–Crippen LogP) is 4.75. The number of carbonyl (C=O) groups is 1. The van der Waals surface area contributed by atoms with Crippen molar-refractivity contribution in [2.24, 2.45) is 0 Å². The van der Waals surface area contributed by atoms with E-state index >= 15 is 0 Å². The van der Waals surface area contributed by atoms with Crippen LogP contribution in [0.5, 0.6) is 0 Å². The Kier molecular flexibility index (Phi) is 7.31. The molecule has 0 unspecified atom stereocenters. The highest BCUT2D eigenvalue weighted by molar-refractivity contribution is 7.89. The fourth-order valence-corrected chi connectivity index (χ4v) is 4.28. The Bertz CT molecular complexity index is 989. The van der Waals surface area contributed by atoms with Crippen LogP contribution in [0.15, 0.2) is 47.4 Å². The number of ether oxygens (including phenoxy) is 1. The van der Waals surface area contributed by atoms with E-state index in [1.54, 1.807) is 13.8 Å². The van der Waals surface area contributed by atoms with Gasteiger partial charge in [0, 0.05) is 13.1 Å². The van der Waals surface area contributed by atoms with Crippen molar-refractivity contribution in [2.45, 2.75) is 31.5 Å². The highest BCUT2D eigenvalue weighted by Gasteiger charge is 2.30. The van der Waals surface area contributed by atoms with Gasteiger partial charge in [0.05, 0.1) is 21.0 Å². The second-order valence-corrected chi connectivity index (χ2v) is 8.35. The molecule has 158 valence electrons. The maximum Gasteiger partial charge on any atom is 0.416 e. The number of nitrogens with zero attached hydrogens (tertiary/aromatic N) is 1. The zero-order valence-corrected chi connectivity index (χ0v) is 17.2. The van der Waals surface area contributed by atoms with Crippen LogP contribution in [0, 0.1) is 0 Å². The van der Waals surface area contributed by atoms with Crippen LogP contribution in [-0.2, 0) is 27.5 Å². The minimum atomic E-state index is -4.52. The summed E-state index contributed by atoms with van der Waals surface area (Å²) in [5, 5.41) is -0.0301. The zero-order chi connectivity index (χ0) is 21.8. The molecule has 0 amide bonds. The van der Waals surface area contributed by atoms with Crippen LogP contribution < -0.4 is 0 Å². The van der Waals surface area contributed by atoms with E-state index in [2.05, 4.69) is 0 Å². The molecular weight excluding hydrogens is 431 g/mol. The normalized spacial score (nSPS) is 12.2. The number of hydrogen-bond acceptors (Lipinski definition) is 4. The van der Waals surface area contributed by atoms with E-state index < -0.39 is 34.3 Å². The molecule has 0 aromatic heterocycles. The summed E-state index contributed by atoms with van der Waals surface area (Å²) in [5.41, 5.74) is -0.917. The smallest absolute Gasteiger partial charge is 0.416 e. The molecule has 0 aliphatic rings. The number of alkyl halides is 3. The third-order valence-corrected chi connectivity index (χ3v) is 6.50. The van der Waals surface area contributed by atoms with E-state index in [1.165, 1.54) is 28.6 Å². The van der Waals surface area contributed by atoms with Crippen molar-refractivity contribution < 1.29 is 31.1 Å². The standard InChI is InChI=1S/C19H19ClF3NO4S/c1-3-24(4-2)29(26,27)15-8-9-17(20)16(11-15)18(25)28-12-13-6-5-7-14(10-13)19(21,22)23/h5-11H,3-4,12H2,1-2H3. The molecule has 5 nitrogen and oxygen atoms in total. The van der Waals surface area contributed by atoms with Crippen molar-refractivity contribution in [1.82, 2.24) is 4.31 Å². The molecule has 2 aromatic carbocycles. The lowest BCUT2D eigenvalue weighted by molar-refractivity contribution is -0.137. The zero-order valence-electron chi connectivity index (χ0n) is 15.7. The Balaban J connectivity index is 2.24. The lowest BCUT2D eigenvalue weighted by atomic mass is 10.1. The molecule has 2 rings (SSSR count). The monoisotopic (exact) mass is 449 g/mol. The average Bonchev–Trinajstić information content (AvgIpc) is 2.66. The van der Waals surface area contributed by atoms with Crippen LogP contribution >= 0.6 is 11.6 Å². The molecule has 0 bridgehead atoms. The Hall–Kier alpha value is -2.10. The van der Waals surface area contributed by atoms with Gasteiger partial charge in [0.2, 0.25) is 10.0 Å². The van der Waals surface area contributed by atoms with Gasteiger partial charge in [-0.1, -0.05) is 37.6 Å². The Morgan fingerprint density at radius 3 is 2.34 bits per heavy atom. The first kappa shape index (κ1) is 23.2. The molecule has 0 aliphatic heterocycles. The van der Waals surface area contributed by atoms with Crippen molar-refractivity contribution >= 4 is 27.6 Å². The first-order valence-electron chi connectivity index (χ1n) is 8.63. The van der Waals surface area contributed by atoms with Crippen molar-refractivity contribution in [2.75, 3.05) is 13.1 Å². The third-order valence-electron chi connectivity index (χ3n) is 4.13. The number of sulfonamides is 1. The number of rotatable bonds is 7. The third kappa shape index (κ3) is 5.49. The van der Waals surface area contributed by atoms with Gasteiger partial charge in [0.15, 0.2) is 0 Å². The first-order chi connectivity index (χ1) is 13.5. The molecule has 0 saturated carbocycles. The number of halogens is 4. The van der Waals surface area contributed by atoms with Crippen LogP contribution in [0.2, 0.25) is 5.02 Å². The highest BCUT2D eigenvalue weighted by Crippen LogP contribution is 2.30. The van der Waals surface area contributed by atoms with Gasteiger partial charge < -0.3 is 4.74 Å².